The highest BCUT2D eigenvalue weighted by molar-refractivity contribution is 15.0. The predicted octanol–water partition coefficient (Wildman–Crippen LogP) is 2.10. The summed E-state index contributed by atoms with van der Waals surface area (Å²) in [5.74, 6) is -0.138. The van der Waals surface area contributed by atoms with Gasteiger partial charge in [-0.15, -0.1) is 0 Å². The average Bonchev–Trinajstić information content (AvgIpc) is 3.11. The van der Waals surface area contributed by atoms with Crippen molar-refractivity contribution in [2.24, 2.45) is 11.8 Å². The van der Waals surface area contributed by atoms with E-state index in [0.717, 1.165) is 0 Å². The Morgan fingerprint density at radius 2 is 1.56 bits per heavy atom. The molecule has 0 aliphatic carbocycles. The molecule has 2 rings (SSSR count). The molecule has 7 nitrogen and oxygen atoms in total. The van der Waals surface area contributed by atoms with Crippen LogP contribution in [0.25, 0.3) is 0 Å². The van der Waals surface area contributed by atoms with Crippen molar-refractivity contribution in [3.8, 4) is 0 Å². The van der Waals surface area contributed by atoms with E-state index in [4.69, 9.17) is 55.3 Å². The van der Waals surface area contributed by atoms with Gasteiger partial charge in [0.15, 0.2) is 0 Å². The minimum absolute atomic E-state index is 0.0277. The molecule has 0 aromatic rings. The van der Waals surface area contributed by atoms with Crippen LogP contribution >= 0.6 is 44.0 Å². The van der Waals surface area contributed by atoms with E-state index in [1.807, 2.05) is 13.8 Å². The van der Waals surface area contributed by atoms with Crippen molar-refractivity contribution in [1.29, 1.82) is 0 Å². The summed E-state index contributed by atoms with van der Waals surface area (Å²) in [5.41, 5.74) is 0. The number of aliphatic hydroxyl groups is 1. The fourth-order valence-corrected chi connectivity index (χ4v) is 4.80. The third kappa shape index (κ3) is 6.98. The van der Waals surface area contributed by atoms with Crippen LogP contribution in [0.1, 0.15) is 13.8 Å². The SMILES string of the molecule is II.[B][C@@H]1O[C@H](COP(=S)(OC)OC2C(C)[C@H]([B])O[C@@H]2CO)C(OC)C1C. The summed E-state index contributed by atoms with van der Waals surface area (Å²) in [6, 6.07) is -0.975. The van der Waals surface area contributed by atoms with Crippen LogP contribution in [0.2, 0.25) is 0 Å². The van der Waals surface area contributed by atoms with Gasteiger partial charge in [0.05, 0.1) is 25.4 Å². The van der Waals surface area contributed by atoms with Gasteiger partial charge in [-0.1, -0.05) is 13.8 Å². The predicted molar refractivity (Wildman–Crippen MR) is 125 cm³/mol. The Morgan fingerprint density at radius 3 is 2.04 bits per heavy atom. The van der Waals surface area contributed by atoms with Crippen molar-refractivity contribution in [2.45, 2.75) is 50.3 Å². The Kier molecular flexibility index (Phi) is 12.7. The molecule has 4 radical (unpaired) electrons. The van der Waals surface area contributed by atoms with E-state index in [2.05, 4.69) is 37.2 Å². The maximum Gasteiger partial charge on any atom is 0.327 e. The van der Waals surface area contributed by atoms with Crippen molar-refractivity contribution in [2.75, 3.05) is 27.4 Å². The monoisotopic (exact) mass is 644 g/mol. The summed E-state index contributed by atoms with van der Waals surface area (Å²) in [5, 5.41) is 9.45. The third-order valence-electron chi connectivity index (χ3n) is 4.79. The summed E-state index contributed by atoms with van der Waals surface area (Å²) in [7, 11) is 14.8. The van der Waals surface area contributed by atoms with Crippen LogP contribution in [0.4, 0.5) is 0 Å². The van der Waals surface area contributed by atoms with Gasteiger partial charge in [0.25, 0.3) is 0 Å². The molecule has 13 heteroatoms. The first kappa shape index (κ1) is 27.0. The van der Waals surface area contributed by atoms with Gasteiger partial charge in [-0.05, 0) is 11.8 Å². The lowest BCUT2D eigenvalue weighted by Gasteiger charge is -2.29. The fraction of sp³-hybridized carbons (Fsp3) is 1.00. The van der Waals surface area contributed by atoms with Crippen LogP contribution in [0.15, 0.2) is 0 Å². The molecule has 2 saturated heterocycles. The Bertz CT molecular complexity index is 498. The molecule has 0 aromatic carbocycles. The number of hydrogen-bond donors (Lipinski definition) is 1. The number of methoxy groups -OCH3 is 1. The van der Waals surface area contributed by atoms with Crippen molar-refractivity contribution >= 4 is 71.4 Å². The van der Waals surface area contributed by atoms with Crippen molar-refractivity contribution < 1.29 is 32.9 Å². The van der Waals surface area contributed by atoms with Gasteiger partial charge < -0.3 is 32.9 Å². The molecular formula is C14H25B2I2O7PS. The summed E-state index contributed by atoms with van der Waals surface area (Å²) < 4.78 is 33.6. The largest absolute Gasteiger partial charge is 0.394 e. The van der Waals surface area contributed by atoms with Crippen LogP contribution in [0.5, 0.6) is 0 Å². The fourth-order valence-electron chi connectivity index (χ4n) is 3.11. The number of ether oxygens (including phenoxy) is 3. The van der Waals surface area contributed by atoms with Crippen LogP contribution in [-0.4, -0.2) is 84.7 Å². The van der Waals surface area contributed by atoms with Crippen LogP contribution in [0, 0.1) is 11.8 Å². The Morgan fingerprint density at radius 1 is 1.04 bits per heavy atom. The molecule has 154 valence electrons. The number of halogens is 2. The lowest BCUT2D eigenvalue weighted by atomic mass is 9.86. The minimum Gasteiger partial charge on any atom is -0.394 e. The zero-order chi connectivity index (χ0) is 20.8. The van der Waals surface area contributed by atoms with Gasteiger partial charge >= 0.3 is 6.72 Å². The Balaban J connectivity index is 0.00000176. The molecule has 27 heavy (non-hydrogen) atoms. The molecule has 0 spiro atoms. The number of aliphatic hydroxyl groups excluding tert-OH is 1. The average molecular weight is 644 g/mol. The molecule has 0 bridgehead atoms. The highest BCUT2D eigenvalue weighted by atomic mass is 128. The Hall–Kier alpha value is 1.96. The molecule has 2 aliphatic rings. The van der Waals surface area contributed by atoms with Crippen molar-refractivity contribution in [1.82, 2.24) is 0 Å². The standard InChI is InChI=1S/C14H25B2O7PS.I2/c1-7-11(18-3)10(22-13(7)15)6-20-24(25,19-4)23-12-8(2)14(16)21-9(12)5-17;1-2/h7-14,17H,5-6H2,1-4H3;/t7?,8?,9-,10-,11?,12?,13-,14-,24?;/m1./s1. The van der Waals surface area contributed by atoms with E-state index < -0.39 is 30.9 Å². The van der Waals surface area contributed by atoms with Crippen LogP contribution < -0.4 is 0 Å². The minimum atomic E-state index is -3.08. The van der Waals surface area contributed by atoms with E-state index in [9.17, 15) is 5.11 Å². The maximum atomic E-state index is 9.45. The summed E-state index contributed by atoms with van der Waals surface area (Å²) in [6.45, 7) is 0.625. The normalized spacial score (nSPS) is 41.0. The van der Waals surface area contributed by atoms with Crippen LogP contribution in [-0.2, 0) is 39.6 Å². The summed E-state index contributed by atoms with van der Waals surface area (Å²) in [4.78, 5) is 0. The molecular weight excluding hydrogens is 619 g/mol. The zero-order valence-corrected chi connectivity index (χ0v) is 21.7. The van der Waals surface area contributed by atoms with E-state index >= 15 is 0 Å². The molecule has 5 unspecified atom stereocenters. The first-order valence-corrected chi connectivity index (χ1v) is 17.2. The zero-order valence-electron chi connectivity index (χ0n) is 15.7. The second-order valence-corrected chi connectivity index (χ2v) is 9.45. The molecule has 9 atom stereocenters. The molecule has 0 aromatic heterocycles. The molecule has 1 N–H and O–H groups in total. The maximum absolute atomic E-state index is 9.45. The molecule has 0 saturated carbocycles. The first-order valence-electron chi connectivity index (χ1n) is 8.35. The lowest BCUT2D eigenvalue weighted by molar-refractivity contribution is -0.0302. The van der Waals surface area contributed by atoms with Gasteiger partial charge in [0, 0.05) is 75.3 Å². The Labute approximate surface area is 192 Å². The van der Waals surface area contributed by atoms with Gasteiger partial charge in [-0.25, -0.2) is 0 Å². The summed E-state index contributed by atoms with van der Waals surface area (Å²) >= 11 is 9.68. The topological polar surface area (TPSA) is 75.6 Å². The van der Waals surface area contributed by atoms with Crippen LogP contribution in [0.3, 0.4) is 0 Å². The molecule has 2 aliphatic heterocycles. The highest BCUT2D eigenvalue weighted by Gasteiger charge is 2.44. The van der Waals surface area contributed by atoms with Gasteiger partial charge in [0.1, 0.15) is 27.9 Å². The van der Waals surface area contributed by atoms with E-state index in [-0.39, 0.29) is 37.3 Å². The third-order valence-corrected chi connectivity index (χ3v) is 7.23. The second kappa shape index (κ2) is 12.7. The van der Waals surface area contributed by atoms with Crippen molar-refractivity contribution in [3.63, 3.8) is 0 Å². The second-order valence-electron chi connectivity index (χ2n) is 6.38. The lowest BCUT2D eigenvalue weighted by Crippen LogP contribution is -2.33. The van der Waals surface area contributed by atoms with E-state index in [0.29, 0.717) is 0 Å². The quantitative estimate of drug-likeness (QED) is 0.245. The first-order chi connectivity index (χ1) is 12.8. The van der Waals surface area contributed by atoms with Gasteiger partial charge in [-0.3, -0.25) is 0 Å². The molecule has 2 fully saturated rings. The molecule has 0 amide bonds. The van der Waals surface area contributed by atoms with E-state index in [1.165, 1.54) is 7.11 Å². The van der Waals surface area contributed by atoms with Gasteiger partial charge in [0.2, 0.25) is 0 Å². The smallest absolute Gasteiger partial charge is 0.327 e. The number of rotatable bonds is 8. The molecule has 2 heterocycles. The summed E-state index contributed by atoms with van der Waals surface area (Å²) in [6.07, 6.45) is -1.67. The van der Waals surface area contributed by atoms with Gasteiger partial charge in [-0.2, -0.15) is 0 Å². The highest BCUT2D eigenvalue weighted by Crippen LogP contribution is 2.53. The van der Waals surface area contributed by atoms with Crippen molar-refractivity contribution in [3.05, 3.63) is 0 Å². The van der Waals surface area contributed by atoms with E-state index in [1.54, 1.807) is 7.11 Å². The number of hydrogen-bond acceptors (Lipinski definition) is 8.